The van der Waals surface area contributed by atoms with Crippen LogP contribution < -0.4 is 5.32 Å². The first kappa shape index (κ1) is 13.8. The fourth-order valence-corrected chi connectivity index (χ4v) is 2.48. The van der Waals surface area contributed by atoms with Crippen LogP contribution in [0.4, 0.5) is 10.7 Å². The lowest BCUT2D eigenvalue weighted by Crippen LogP contribution is -2.11. The standard InChI is InChI=1S/C11H6Cl2N2O3S/c12-7-1-2-9(8(13)4-7)14-11(16)6-3-10(15(17)18)19-5-6/h1-5H,(H,14,16). The van der Waals surface area contributed by atoms with E-state index in [-0.39, 0.29) is 10.6 Å². The van der Waals surface area contributed by atoms with E-state index in [1.165, 1.54) is 17.5 Å². The van der Waals surface area contributed by atoms with Crippen LogP contribution in [0, 0.1) is 10.1 Å². The topological polar surface area (TPSA) is 72.2 Å². The number of amides is 1. The second-order valence-electron chi connectivity index (χ2n) is 3.51. The zero-order valence-corrected chi connectivity index (χ0v) is 11.6. The Balaban J connectivity index is 2.18. The molecule has 2 aromatic rings. The summed E-state index contributed by atoms with van der Waals surface area (Å²) < 4.78 is 0. The minimum absolute atomic E-state index is 0.0904. The minimum Gasteiger partial charge on any atom is -0.321 e. The number of anilines is 1. The zero-order chi connectivity index (χ0) is 14.0. The third kappa shape index (κ3) is 3.23. The third-order valence-corrected chi connectivity index (χ3v) is 3.64. The van der Waals surface area contributed by atoms with Crippen LogP contribution in [0.5, 0.6) is 0 Å². The highest BCUT2D eigenvalue weighted by atomic mass is 35.5. The van der Waals surface area contributed by atoms with Gasteiger partial charge in [0.25, 0.3) is 5.91 Å². The molecule has 5 nitrogen and oxygen atoms in total. The molecule has 0 fully saturated rings. The largest absolute Gasteiger partial charge is 0.324 e. The van der Waals surface area contributed by atoms with E-state index in [1.54, 1.807) is 12.1 Å². The summed E-state index contributed by atoms with van der Waals surface area (Å²) in [4.78, 5) is 21.9. The van der Waals surface area contributed by atoms with Gasteiger partial charge in [-0.05, 0) is 18.2 Å². The number of benzene rings is 1. The molecule has 0 aliphatic carbocycles. The van der Waals surface area contributed by atoms with Crippen LogP contribution in [0.25, 0.3) is 0 Å². The van der Waals surface area contributed by atoms with Crippen molar-refractivity contribution in [1.29, 1.82) is 0 Å². The van der Waals surface area contributed by atoms with Gasteiger partial charge in [0.2, 0.25) is 0 Å². The van der Waals surface area contributed by atoms with E-state index in [1.807, 2.05) is 0 Å². The van der Waals surface area contributed by atoms with Crippen LogP contribution in [0.15, 0.2) is 29.6 Å². The summed E-state index contributed by atoms with van der Waals surface area (Å²) in [5, 5.41) is 15.2. The van der Waals surface area contributed by atoms with Gasteiger partial charge in [-0.3, -0.25) is 14.9 Å². The van der Waals surface area contributed by atoms with E-state index in [0.717, 1.165) is 11.3 Å². The Labute approximate surface area is 121 Å². The summed E-state index contributed by atoms with van der Waals surface area (Å²) in [6.45, 7) is 0. The van der Waals surface area contributed by atoms with Crippen LogP contribution >= 0.6 is 34.5 Å². The molecule has 0 aliphatic heterocycles. The number of nitrogens with zero attached hydrogens (tertiary/aromatic N) is 1. The number of nitro groups is 1. The van der Waals surface area contributed by atoms with E-state index in [9.17, 15) is 14.9 Å². The number of thiophene rings is 1. The monoisotopic (exact) mass is 316 g/mol. The second kappa shape index (κ2) is 5.56. The van der Waals surface area contributed by atoms with Gasteiger partial charge in [-0.2, -0.15) is 0 Å². The third-order valence-electron chi connectivity index (χ3n) is 2.21. The quantitative estimate of drug-likeness (QED) is 0.680. The Kier molecular flexibility index (Phi) is 4.04. The number of halogens is 2. The molecule has 0 unspecified atom stereocenters. The van der Waals surface area contributed by atoms with Crippen LogP contribution in [0.3, 0.4) is 0 Å². The highest BCUT2D eigenvalue weighted by Crippen LogP contribution is 2.27. The summed E-state index contributed by atoms with van der Waals surface area (Å²) in [5.41, 5.74) is 0.604. The molecule has 0 aliphatic rings. The Bertz CT molecular complexity index is 657. The van der Waals surface area contributed by atoms with Gasteiger partial charge in [0, 0.05) is 16.5 Å². The van der Waals surface area contributed by atoms with Gasteiger partial charge < -0.3 is 5.32 Å². The van der Waals surface area contributed by atoms with Crippen LogP contribution in [-0.2, 0) is 0 Å². The predicted octanol–water partition coefficient (Wildman–Crippen LogP) is 4.22. The van der Waals surface area contributed by atoms with Crippen molar-refractivity contribution in [1.82, 2.24) is 0 Å². The number of carbonyl (C=O) groups excluding carboxylic acids is 1. The van der Waals surface area contributed by atoms with Crippen molar-refractivity contribution in [2.24, 2.45) is 0 Å². The van der Waals surface area contributed by atoms with E-state index in [4.69, 9.17) is 23.2 Å². The first-order valence-corrected chi connectivity index (χ1v) is 6.60. The number of rotatable bonds is 3. The molecule has 0 saturated carbocycles. The summed E-state index contributed by atoms with van der Waals surface area (Å²) in [7, 11) is 0. The fraction of sp³-hybridized carbons (Fsp3) is 0. The predicted molar refractivity (Wildman–Crippen MR) is 75.4 cm³/mol. The Morgan fingerprint density at radius 3 is 2.63 bits per heavy atom. The molecule has 98 valence electrons. The molecule has 0 atom stereocenters. The summed E-state index contributed by atoms with van der Waals surface area (Å²) in [6, 6.07) is 5.85. The van der Waals surface area contributed by atoms with Gasteiger partial charge >= 0.3 is 5.00 Å². The van der Waals surface area contributed by atoms with Crippen LogP contribution in [0.1, 0.15) is 10.4 Å². The summed E-state index contributed by atoms with van der Waals surface area (Å²) >= 11 is 12.5. The highest BCUT2D eigenvalue weighted by molar-refractivity contribution is 7.13. The first-order valence-electron chi connectivity index (χ1n) is 4.96. The van der Waals surface area contributed by atoms with E-state index in [2.05, 4.69) is 5.32 Å². The minimum atomic E-state index is -0.545. The van der Waals surface area contributed by atoms with Crippen molar-refractivity contribution >= 4 is 51.1 Å². The first-order chi connectivity index (χ1) is 8.97. The zero-order valence-electron chi connectivity index (χ0n) is 9.22. The lowest BCUT2D eigenvalue weighted by atomic mass is 10.2. The van der Waals surface area contributed by atoms with Crippen LogP contribution in [-0.4, -0.2) is 10.8 Å². The SMILES string of the molecule is O=C(Nc1ccc(Cl)cc1Cl)c1csc([N+](=O)[O-])c1. The number of hydrogen-bond acceptors (Lipinski definition) is 4. The molecule has 1 N–H and O–H groups in total. The molecular formula is C11H6Cl2N2O3S. The molecule has 1 heterocycles. The lowest BCUT2D eigenvalue weighted by molar-refractivity contribution is -0.380. The van der Waals surface area contributed by atoms with Gasteiger partial charge in [-0.15, -0.1) is 0 Å². The molecule has 0 radical (unpaired) electrons. The summed E-state index contributed by atoms with van der Waals surface area (Å²) in [6.07, 6.45) is 0. The van der Waals surface area contributed by atoms with Gasteiger partial charge in [0.1, 0.15) is 0 Å². The van der Waals surface area contributed by atoms with Crippen molar-refractivity contribution in [2.75, 3.05) is 5.32 Å². The van der Waals surface area contributed by atoms with Gasteiger partial charge in [0.15, 0.2) is 0 Å². The van der Waals surface area contributed by atoms with Crippen molar-refractivity contribution in [2.45, 2.75) is 0 Å². The lowest BCUT2D eigenvalue weighted by Gasteiger charge is -2.05. The Hall–Kier alpha value is -1.63. The van der Waals surface area contributed by atoms with Gasteiger partial charge in [-0.25, -0.2) is 0 Å². The molecule has 0 spiro atoms. The number of hydrogen-bond donors (Lipinski definition) is 1. The van der Waals surface area contributed by atoms with E-state index < -0.39 is 10.8 Å². The van der Waals surface area contributed by atoms with E-state index in [0.29, 0.717) is 15.7 Å². The maximum atomic E-state index is 11.9. The fourth-order valence-electron chi connectivity index (χ4n) is 1.33. The van der Waals surface area contributed by atoms with E-state index >= 15 is 0 Å². The maximum Gasteiger partial charge on any atom is 0.324 e. The molecule has 8 heteroatoms. The molecule has 1 aromatic heterocycles. The molecule has 1 aromatic carbocycles. The molecule has 2 rings (SSSR count). The second-order valence-corrected chi connectivity index (χ2v) is 5.24. The van der Waals surface area contributed by atoms with Crippen molar-refractivity contribution in [3.05, 3.63) is 55.4 Å². The average molecular weight is 317 g/mol. The van der Waals surface area contributed by atoms with Crippen molar-refractivity contribution < 1.29 is 9.72 Å². The number of carbonyl (C=O) groups is 1. The Morgan fingerprint density at radius 1 is 1.32 bits per heavy atom. The van der Waals surface area contributed by atoms with Gasteiger partial charge in [0.05, 0.1) is 21.2 Å². The molecular weight excluding hydrogens is 311 g/mol. The van der Waals surface area contributed by atoms with Crippen molar-refractivity contribution in [3.8, 4) is 0 Å². The molecule has 19 heavy (non-hydrogen) atoms. The average Bonchev–Trinajstić information content (AvgIpc) is 2.82. The van der Waals surface area contributed by atoms with Crippen molar-refractivity contribution in [3.63, 3.8) is 0 Å². The summed E-state index contributed by atoms with van der Waals surface area (Å²) in [5.74, 6) is -0.464. The Morgan fingerprint density at radius 2 is 2.05 bits per heavy atom. The highest BCUT2D eigenvalue weighted by Gasteiger charge is 2.15. The van der Waals surface area contributed by atoms with Gasteiger partial charge in [-0.1, -0.05) is 34.5 Å². The van der Waals surface area contributed by atoms with Crippen LogP contribution in [0.2, 0.25) is 10.0 Å². The molecule has 1 amide bonds. The molecule has 0 saturated heterocycles. The number of nitrogens with one attached hydrogen (secondary N) is 1. The smallest absolute Gasteiger partial charge is 0.321 e. The maximum absolute atomic E-state index is 11.9. The molecule has 0 bridgehead atoms. The normalized spacial score (nSPS) is 10.2.